The minimum absolute atomic E-state index is 0.112. The maximum absolute atomic E-state index is 14.5. The van der Waals surface area contributed by atoms with Crippen LogP contribution in [0.3, 0.4) is 0 Å². The Balaban J connectivity index is 1.58. The van der Waals surface area contributed by atoms with E-state index in [4.69, 9.17) is 0 Å². The number of urea groups is 1. The Bertz CT molecular complexity index is 1740. The molecule has 0 spiro atoms. The summed E-state index contributed by atoms with van der Waals surface area (Å²) in [5, 5.41) is 0. The molecule has 0 unspecified atom stereocenters. The number of ether oxygens (including phenoxy) is 1. The first kappa shape index (κ1) is 36.5. The number of piperidine rings is 1. The van der Waals surface area contributed by atoms with Crippen LogP contribution in [0.5, 0.6) is 0 Å². The first-order chi connectivity index (χ1) is 22.8. The van der Waals surface area contributed by atoms with Gasteiger partial charge in [0.05, 0.1) is 11.5 Å². The van der Waals surface area contributed by atoms with E-state index in [1.807, 2.05) is 6.92 Å². The molecule has 3 aromatic rings. The normalized spacial score (nSPS) is 19.8. The fraction of sp³-hybridized carbons (Fsp3) is 0.424. The zero-order valence-corrected chi connectivity index (χ0v) is 26.7. The molecule has 5 rings (SSSR count). The van der Waals surface area contributed by atoms with Gasteiger partial charge >= 0.3 is 18.4 Å². The van der Waals surface area contributed by atoms with Crippen LogP contribution in [0, 0.1) is 23.4 Å². The lowest BCUT2D eigenvalue weighted by atomic mass is 9.88. The van der Waals surface area contributed by atoms with Crippen LogP contribution in [-0.2, 0) is 31.5 Å². The van der Waals surface area contributed by atoms with Crippen LogP contribution in [0.15, 0.2) is 71.6 Å². The number of halogens is 9. The van der Waals surface area contributed by atoms with Crippen molar-refractivity contribution in [1.82, 2.24) is 9.80 Å². The molecule has 2 aliphatic rings. The summed E-state index contributed by atoms with van der Waals surface area (Å²) >= 11 is 0. The predicted molar refractivity (Wildman–Crippen MR) is 158 cm³/mol. The summed E-state index contributed by atoms with van der Waals surface area (Å²) in [5.74, 6) is -3.25. The third kappa shape index (κ3) is 6.48. The van der Waals surface area contributed by atoms with Crippen molar-refractivity contribution in [3.8, 4) is 0 Å². The van der Waals surface area contributed by atoms with E-state index in [1.54, 1.807) is 4.90 Å². The molecule has 1 atom stereocenters. The lowest BCUT2D eigenvalue weighted by molar-refractivity contribution is -0.392. The number of sulfone groups is 1. The van der Waals surface area contributed by atoms with E-state index in [0.29, 0.717) is 56.1 Å². The summed E-state index contributed by atoms with van der Waals surface area (Å²) in [7, 11) is -4.58. The van der Waals surface area contributed by atoms with Crippen molar-refractivity contribution in [2.75, 3.05) is 26.2 Å². The highest BCUT2D eigenvalue weighted by molar-refractivity contribution is 7.92. The standard InChI is InChI=1S/C33H31F9N2O4S/c1-21-13-16-43(17-14-21)29(45)44-18-15-30(20-44,49(46,47)25-11-9-24(34)10-12-25)22-5-7-23(8-6-22)31(32(37,38)39,33(40,41)42)48-19-26-27(35)3-2-4-28(26)36/h2-12,21H,13-20H2,1H3/t30-/m0/s1. The number of hydrogen-bond donors (Lipinski definition) is 0. The number of hydrogen-bond acceptors (Lipinski definition) is 4. The van der Waals surface area contributed by atoms with Crippen molar-refractivity contribution in [1.29, 1.82) is 0 Å². The van der Waals surface area contributed by atoms with E-state index in [2.05, 4.69) is 4.74 Å². The maximum atomic E-state index is 14.5. The van der Waals surface area contributed by atoms with Gasteiger partial charge in [-0.05, 0) is 67.1 Å². The fourth-order valence-electron chi connectivity index (χ4n) is 6.39. The molecule has 2 saturated heterocycles. The molecule has 0 radical (unpaired) electrons. The van der Waals surface area contributed by atoms with E-state index < -0.39 is 80.3 Å². The Morgan fingerprint density at radius 1 is 0.816 bits per heavy atom. The van der Waals surface area contributed by atoms with E-state index in [9.17, 15) is 52.7 Å². The van der Waals surface area contributed by atoms with E-state index in [1.165, 1.54) is 4.90 Å². The molecule has 16 heteroatoms. The Morgan fingerprint density at radius 3 is 1.90 bits per heavy atom. The summed E-state index contributed by atoms with van der Waals surface area (Å²) in [6.07, 6.45) is -11.3. The zero-order valence-electron chi connectivity index (χ0n) is 25.9. The van der Waals surface area contributed by atoms with Crippen LogP contribution in [0.2, 0.25) is 0 Å². The van der Waals surface area contributed by atoms with Gasteiger partial charge in [-0.25, -0.2) is 26.4 Å². The summed E-state index contributed by atoms with van der Waals surface area (Å²) in [4.78, 5) is 15.9. The lowest BCUT2D eigenvalue weighted by Crippen LogP contribution is -2.56. The summed E-state index contributed by atoms with van der Waals surface area (Å²) in [5.41, 5.74) is -8.02. The predicted octanol–water partition coefficient (Wildman–Crippen LogP) is 7.87. The number of benzene rings is 3. The summed E-state index contributed by atoms with van der Waals surface area (Å²) in [6, 6.07) is 7.73. The molecule has 0 bridgehead atoms. The number of amides is 2. The number of likely N-dealkylation sites (tertiary alicyclic amines) is 2. The van der Waals surface area contributed by atoms with Crippen molar-refractivity contribution in [3.05, 3.63) is 101 Å². The first-order valence-corrected chi connectivity index (χ1v) is 16.7. The molecule has 2 aliphatic heterocycles. The van der Waals surface area contributed by atoms with Gasteiger partial charge in [0, 0.05) is 37.3 Å². The van der Waals surface area contributed by atoms with Crippen molar-refractivity contribution in [2.24, 2.45) is 5.92 Å². The molecule has 0 aliphatic carbocycles. The maximum Gasteiger partial charge on any atom is 0.430 e. The molecule has 0 saturated carbocycles. The van der Waals surface area contributed by atoms with Gasteiger partial charge in [-0.3, -0.25) is 0 Å². The third-order valence-electron chi connectivity index (χ3n) is 9.31. The molecule has 3 aromatic carbocycles. The van der Waals surface area contributed by atoms with Gasteiger partial charge in [0.25, 0.3) is 5.60 Å². The van der Waals surface area contributed by atoms with E-state index in [0.717, 1.165) is 42.5 Å². The highest BCUT2D eigenvalue weighted by Crippen LogP contribution is 2.54. The fourth-order valence-corrected chi connectivity index (χ4v) is 8.47. The van der Waals surface area contributed by atoms with E-state index >= 15 is 0 Å². The van der Waals surface area contributed by atoms with E-state index in [-0.39, 0.29) is 23.4 Å². The van der Waals surface area contributed by atoms with Crippen molar-refractivity contribution < 1.29 is 57.5 Å². The molecule has 2 heterocycles. The molecule has 0 aromatic heterocycles. The van der Waals surface area contributed by atoms with Crippen LogP contribution in [0.1, 0.15) is 42.9 Å². The van der Waals surface area contributed by atoms with Crippen LogP contribution in [0.4, 0.5) is 44.3 Å². The molecular formula is C33H31F9N2O4S. The van der Waals surface area contributed by atoms with Crippen LogP contribution < -0.4 is 0 Å². The van der Waals surface area contributed by atoms with Crippen molar-refractivity contribution in [2.45, 2.75) is 60.4 Å². The average Bonchev–Trinajstić information content (AvgIpc) is 3.49. The van der Waals surface area contributed by atoms with Gasteiger partial charge in [-0.2, -0.15) is 26.3 Å². The number of carbonyl (C=O) groups excluding carboxylic acids is 1. The summed E-state index contributed by atoms with van der Waals surface area (Å²) in [6.45, 7) is 0.488. The number of alkyl halides is 6. The van der Waals surface area contributed by atoms with Gasteiger partial charge in [-0.1, -0.05) is 37.3 Å². The number of rotatable bonds is 7. The molecular weight excluding hydrogens is 691 g/mol. The van der Waals surface area contributed by atoms with Gasteiger partial charge < -0.3 is 14.5 Å². The Morgan fingerprint density at radius 2 is 1.37 bits per heavy atom. The largest absolute Gasteiger partial charge is 0.430 e. The molecule has 0 N–H and O–H groups in total. The minimum atomic E-state index is -6.21. The van der Waals surface area contributed by atoms with Crippen LogP contribution in [0.25, 0.3) is 0 Å². The quantitative estimate of drug-likeness (QED) is 0.184. The summed E-state index contributed by atoms with van der Waals surface area (Å²) < 4.78 is 160. The van der Waals surface area contributed by atoms with Crippen molar-refractivity contribution >= 4 is 15.9 Å². The zero-order chi connectivity index (χ0) is 36.0. The van der Waals surface area contributed by atoms with Crippen molar-refractivity contribution in [3.63, 3.8) is 0 Å². The second kappa shape index (κ2) is 13.2. The third-order valence-corrected chi connectivity index (χ3v) is 11.8. The molecule has 6 nitrogen and oxygen atoms in total. The molecule has 2 fully saturated rings. The lowest BCUT2D eigenvalue weighted by Gasteiger charge is -2.38. The topological polar surface area (TPSA) is 66.9 Å². The second-order valence-electron chi connectivity index (χ2n) is 12.3. The van der Waals surface area contributed by atoms with Gasteiger partial charge in [0.15, 0.2) is 9.84 Å². The molecule has 2 amide bonds. The van der Waals surface area contributed by atoms with Crippen LogP contribution >= 0.6 is 0 Å². The number of nitrogens with zero attached hydrogens (tertiary/aromatic N) is 2. The Kier molecular flexibility index (Phi) is 9.80. The smallest absolute Gasteiger partial charge is 0.349 e. The molecule has 49 heavy (non-hydrogen) atoms. The van der Waals surface area contributed by atoms with Crippen LogP contribution in [-0.4, -0.2) is 62.8 Å². The van der Waals surface area contributed by atoms with Gasteiger partial charge in [-0.15, -0.1) is 0 Å². The van der Waals surface area contributed by atoms with Gasteiger partial charge in [0.1, 0.15) is 22.2 Å². The first-order valence-electron chi connectivity index (χ1n) is 15.2. The minimum Gasteiger partial charge on any atom is -0.349 e. The second-order valence-corrected chi connectivity index (χ2v) is 14.6. The highest BCUT2D eigenvalue weighted by Gasteiger charge is 2.73. The Labute approximate surface area is 276 Å². The monoisotopic (exact) mass is 722 g/mol. The average molecular weight is 723 g/mol. The Hall–Kier alpha value is -3.79. The molecule has 266 valence electrons. The highest BCUT2D eigenvalue weighted by atomic mass is 32.2. The number of carbonyl (C=O) groups is 1. The SMILES string of the molecule is CC1CCN(C(=O)N2CC[C@](c3ccc(C(OCc4c(F)cccc4F)(C(F)(F)F)C(F)(F)F)cc3)(S(=O)(=O)c3ccc(F)cc3)C2)CC1. The van der Waals surface area contributed by atoms with Gasteiger partial charge in [0.2, 0.25) is 0 Å².